The van der Waals surface area contributed by atoms with Gasteiger partial charge < -0.3 is 9.47 Å². The summed E-state index contributed by atoms with van der Waals surface area (Å²) in [4.78, 5) is 2.48. The monoisotopic (exact) mass is 488 g/mol. The van der Waals surface area contributed by atoms with Crippen molar-refractivity contribution in [2.45, 2.75) is 50.2 Å². The Bertz CT molecular complexity index is 1120. The summed E-state index contributed by atoms with van der Waals surface area (Å²) >= 11 is 6.27. The number of para-hydroxylation sites is 1. The van der Waals surface area contributed by atoms with Crippen LogP contribution in [0.5, 0.6) is 11.5 Å². The zero-order chi connectivity index (χ0) is 24.9. The minimum absolute atomic E-state index is 0.0608. The second-order valence-electron chi connectivity index (χ2n) is 9.81. The van der Waals surface area contributed by atoms with Crippen LogP contribution >= 0.6 is 11.6 Å². The highest BCUT2D eigenvalue weighted by Crippen LogP contribution is 2.40. The van der Waals surface area contributed by atoms with Gasteiger partial charge in [0.2, 0.25) is 0 Å². The van der Waals surface area contributed by atoms with Crippen molar-refractivity contribution < 1.29 is 9.47 Å². The molecule has 1 saturated heterocycles. The minimum atomic E-state index is -0.691. The van der Waals surface area contributed by atoms with E-state index in [4.69, 9.17) is 21.1 Å². The average molecular weight is 489 g/mol. The lowest BCUT2D eigenvalue weighted by Gasteiger charge is -2.38. The van der Waals surface area contributed by atoms with Crippen molar-refractivity contribution in [2.75, 3.05) is 20.2 Å². The maximum Gasteiger partial charge on any atom is 0.179 e. The maximum atomic E-state index is 10.5. The Morgan fingerprint density at radius 3 is 2.14 bits per heavy atom. The second kappa shape index (κ2) is 10.7. The van der Waals surface area contributed by atoms with Gasteiger partial charge in [-0.25, -0.2) is 0 Å². The van der Waals surface area contributed by atoms with Gasteiger partial charge in [-0.2, -0.15) is 5.26 Å². The van der Waals surface area contributed by atoms with E-state index >= 15 is 0 Å². The molecule has 0 N–H and O–H groups in total. The van der Waals surface area contributed by atoms with Crippen molar-refractivity contribution in [2.24, 2.45) is 0 Å². The maximum absolute atomic E-state index is 10.5. The van der Waals surface area contributed by atoms with Crippen LogP contribution in [0.2, 0.25) is 5.02 Å². The highest BCUT2D eigenvalue weighted by molar-refractivity contribution is 6.32. The van der Waals surface area contributed by atoms with Gasteiger partial charge in [-0.15, -0.1) is 0 Å². The van der Waals surface area contributed by atoms with E-state index in [2.05, 4.69) is 49.1 Å². The van der Waals surface area contributed by atoms with Crippen LogP contribution in [0.15, 0.2) is 78.9 Å². The Kier molecular flexibility index (Phi) is 7.69. The number of likely N-dealkylation sites (tertiary alicyclic amines) is 1. The first-order chi connectivity index (χ1) is 16.9. The van der Waals surface area contributed by atoms with Crippen LogP contribution in [-0.4, -0.2) is 36.7 Å². The van der Waals surface area contributed by atoms with E-state index in [0.717, 1.165) is 43.5 Å². The molecule has 1 aliphatic heterocycles. The van der Waals surface area contributed by atoms with E-state index in [1.807, 2.05) is 48.5 Å². The molecule has 182 valence electrons. The fourth-order valence-electron chi connectivity index (χ4n) is 5.07. The molecule has 35 heavy (non-hydrogen) atoms. The van der Waals surface area contributed by atoms with Crippen molar-refractivity contribution in [1.82, 2.24) is 4.90 Å². The van der Waals surface area contributed by atoms with Gasteiger partial charge in [-0.1, -0.05) is 78.3 Å². The van der Waals surface area contributed by atoms with Crippen molar-refractivity contribution in [1.29, 1.82) is 5.26 Å². The number of halogens is 1. The van der Waals surface area contributed by atoms with Gasteiger partial charge in [0.25, 0.3) is 0 Å². The van der Waals surface area contributed by atoms with Crippen molar-refractivity contribution >= 4 is 11.6 Å². The quantitative estimate of drug-likeness (QED) is 0.329. The number of benzene rings is 3. The first-order valence-corrected chi connectivity index (χ1v) is 12.5. The standard InChI is InChI=1S/C30H33ClN2O2/c1-29(2,33-20-17-25(21-33)35-27-16-10-15-26(31)28(27)34-3)18-19-30(22-32,23-11-6-4-7-12-23)24-13-8-5-9-14-24/h4-16,25H,17-21H2,1-3H3. The molecule has 4 nitrogen and oxygen atoms in total. The molecule has 0 radical (unpaired) electrons. The smallest absolute Gasteiger partial charge is 0.179 e. The Morgan fingerprint density at radius 2 is 1.57 bits per heavy atom. The van der Waals surface area contributed by atoms with Crippen LogP contribution in [0.1, 0.15) is 44.2 Å². The van der Waals surface area contributed by atoms with Gasteiger partial charge in [0, 0.05) is 18.6 Å². The molecule has 0 aromatic heterocycles. The third-order valence-corrected chi connectivity index (χ3v) is 7.56. The number of rotatable bonds is 9. The van der Waals surface area contributed by atoms with Gasteiger partial charge in [-0.05, 0) is 56.4 Å². The number of ether oxygens (including phenoxy) is 2. The molecular weight excluding hydrogens is 456 g/mol. The van der Waals surface area contributed by atoms with Crippen LogP contribution in [0.3, 0.4) is 0 Å². The summed E-state index contributed by atoms with van der Waals surface area (Å²) in [5.74, 6) is 1.26. The van der Waals surface area contributed by atoms with E-state index < -0.39 is 5.41 Å². The summed E-state index contributed by atoms with van der Waals surface area (Å²) in [6, 6.07) is 28.6. The van der Waals surface area contributed by atoms with Crippen LogP contribution in [0.4, 0.5) is 0 Å². The molecule has 5 heteroatoms. The highest BCUT2D eigenvalue weighted by atomic mass is 35.5. The van der Waals surface area contributed by atoms with Crippen LogP contribution in [0, 0.1) is 11.3 Å². The first-order valence-electron chi connectivity index (χ1n) is 12.2. The Morgan fingerprint density at radius 1 is 0.943 bits per heavy atom. The van der Waals surface area contributed by atoms with Gasteiger partial charge in [0.05, 0.1) is 18.2 Å². The molecular formula is C30H33ClN2O2. The molecule has 0 bridgehead atoms. The highest BCUT2D eigenvalue weighted by Gasteiger charge is 2.40. The van der Waals surface area contributed by atoms with E-state index in [1.165, 1.54) is 0 Å². The van der Waals surface area contributed by atoms with Gasteiger partial charge >= 0.3 is 0 Å². The van der Waals surface area contributed by atoms with Gasteiger partial charge in [0.1, 0.15) is 11.5 Å². The summed E-state index contributed by atoms with van der Waals surface area (Å²) in [5.41, 5.74) is 1.30. The lowest BCUT2D eigenvalue weighted by molar-refractivity contribution is 0.113. The van der Waals surface area contributed by atoms with E-state index in [9.17, 15) is 5.26 Å². The molecule has 1 atom stereocenters. The third kappa shape index (κ3) is 5.32. The predicted octanol–water partition coefficient (Wildman–Crippen LogP) is 6.87. The summed E-state index contributed by atoms with van der Waals surface area (Å²) in [6.45, 7) is 6.30. The Balaban J connectivity index is 1.49. The number of nitriles is 1. The second-order valence-corrected chi connectivity index (χ2v) is 10.2. The zero-order valence-corrected chi connectivity index (χ0v) is 21.5. The summed E-state index contributed by atoms with van der Waals surface area (Å²) < 4.78 is 11.8. The van der Waals surface area contributed by atoms with Gasteiger partial charge in [-0.3, -0.25) is 4.90 Å². The van der Waals surface area contributed by atoms with Crippen LogP contribution in [-0.2, 0) is 5.41 Å². The van der Waals surface area contributed by atoms with Crippen molar-refractivity contribution in [3.8, 4) is 17.6 Å². The molecule has 0 saturated carbocycles. The summed E-state index contributed by atoms with van der Waals surface area (Å²) in [6.07, 6.45) is 2.59. The molecule has 3 aromatic rings. The largest absolute Gasteiger partial charge is 0.491 e. The number of hydrogen-bond donors (Lipinski definition) is 0. The molecule has 3 aromatic carbocycles. The topological polar surface area (TPSA) is 45.5 Å². The van der Waals surface area contributed by atoms with Crippen molar-refractivity contribution in [3.63, 3.8) is 0 Å². The minimum Gasteiger partial charge on any atom is -0.491 e. The Labute approximate surface area is 214 Å². The van der Waals surface area contributed by atoms with E-state index in [-0.39, 0.29) is 11.6 Å². The fourth-order valence-corrected chi connectivity index (χ4v) is 5.31. The molecule has 1 aliphatic rings. The zero-order valence-electron chi connectivity index (χ0n) is 20.7. The molecule has 0 amide bonds. The van der Waals surface area contributed by atoms with E-state index in [0.29, 0.717) is 16.5 Å². The molecule has 4 rings (SSSR count). The number of methoxy groups -OCH3 is 1. The Hall–Kier alpha value is -3.00. The number of hydrogen-bond acceptors (Lipinski definition) is 4. The molecule has 1 unspecified atom stereocenters. The SMILES string of the molecule is COc1c(Cl)cccc1OC1CCN(C(C)(C)CCC(C#N)(c2ccccc2)c2ccccc2)C1. The first kappa shape index (κ1) is 25.1. The summed E-state index contributed by atoms with van der Waals surface area (Å²) in [7, 11) is 1.61. The molecule has 1 fully saturated rings. The fraction of sp³-hybridized carbons (Fsp3) is 0.367. The van der Waals surface area contributed by atoms with Gasteiger partial charge in [0.15, 0.2) is 11.5 Å². The molecule has 0 spiro atoms. The average Bonchev–Trinajstić information content (AvgIpc) is 3.36. The lowest BCUT2D eigenvalue weighted by Crippen LogP contribution is -2.44. The van der Waals surface area contributed by atoms with Crippen LogP contribution in [0.25, 0.3) is 0 Å². The number of nitrogens with zero attached hydrogens (tertiary/aromatic N) is 2. The normalized spacial score (nSPS) is 16.6. The predicted molar refractivity (Wildman–Crippen MR) is 141 cm³/mol. The molecule has 0 aliphatic carbocycles. The third-order valence-electron chi connectivity index (χ3n) is 7.27. The van der Waals surface area contributed by atoms with Crippen LogP contribution < -0.4 is 9.47 Å². The molecule has 1 heterocycles. The summed E-state index contributed by atoms with van der Waals surface area (Å²) in [5, 5.41) is 11.1. The van der Waals surface area contributed by atoms with E-state index in [1.54, 1.807) is 13.2 Å². The lowest BCUT2D eigenvalue weighted by atomic mass is 9.70. The van der Waals surface area contributed by atoms with Crippen molar-refractivity contribution in [3.05, 3.63) is 95.0 Å².